The number of rotatable bonds is 5. The Morgan fingerprint density at radius 2 is 1.82 bits per heavy atom. The first kappa shape index (κ1) is 27.6. The second kappa shape index (κ2) is 11.7. The van der Waals surface area contributed by atoms with E-state index in [4.69, 9.17) is 4.74 Å². The summed E-state index contributed by atoms with van der Waals surface area (Å²) in [6, 6.07) is 1.01. The molecule has 184 valence electrons. The summed E-state index contributed by atoms with van der Waals surface area (Å²) < 4.78 is 48.9. The van der Waals surface area contributed by atoms with Crippen LogP contribution in [0.2, 0.25) is 0 Å². The molecule has 2 aromatic rings. The van der Waals surface area contributed by atoms with E-state index in [1.54, 1.807) is 11.7 Å². The highest BCUT2D eigenvalue weighted by Gasteiger charge is 2.31. The van der Waals surface area contributed by atoms with Gasteiger partial charge in [-0.05, 0) is 36.4 Å². The minimum Gasteiger partial charge on any atom is -0.383 e. The average Bonchev–Trinajstić information content (AvgIpc) is 2.97. The molecule has 0 spiro atoms. The smallest absolute Gasteiger partial charge is 0.272 e. The maximum Gasteiger partial charge on any atom is 0.272 e. The summed E-state index contributed by atoms with van der Waals surface area (Å²) in [7, 11) is 3.48. The Kier molecular flexibility index (Phi) is 9.74. The van der Waals surface area contributed by atoms with Crippen LogP contribution in [-0.2, 0) is 17.8 Å². The number of carbonyl (C=O) groups is 1. The van der Waals surface area contributed by atoms with Crippen LogP contribution >= 0.6 is 22.6 Å². The number of methoxy groups -OCH3 is 1. The van der Waals surface area contributed by atoms with Crippen molar-refractivity contribution in [3.63, 3.8) is 0 Å². The summed E-state index contributed by atoms with van der Waals surface area (Å²) in [5.74, 6) is -3.66. The van der Waals surface area contributed by atoms with E-state index in [9.17, 15) is 18.0 Å². The van der Waals surface area contributed by atoms with Crippen molar-refractivity contribution in [2.75, 3.05) is 32.2 Å². The lowest BCUT2D eigenvalue weighted by molar-refractivity contribution is 0.0781. The lowest BCUT2D eigenvalue weighted by atomic mass is 9.87. The summed E-state index contributed by atoms with van der Waals surface area (Å²) >= 11 is 2.15. The highest BCUT2D eigenvalue weighted by molar-refractivity contribution is 14.1. The Labute approximate surface area is 207 Å². The predicted octanol–water partition coefficient (Wildman–Crippen LogP) is 4.65. The molecule has 0 bridgehead atoms. The zero-order valence-electron chi connectivity index (χ0n) is 19.9. The standard InChI is InChI=1S/C22H29F3N4O2.CH3I/c1-22(2,3)18(12-31-5)26-21(30)19-17-11-28(4)7-6-8-29(17)20(27-19)13-9-15(24)16(25)10-14(13)23;1-2/h9-10,18H,6-8,11-12H2,1-5H3,(H,26,30);1H3/t18-;/m1./s1. The number of carbonyl (C=O) groups excluding carboxylic acids is 1. The van der Waals surface area contributed by atoms with Crippen molar-refractivity contribution in [2.45, 2.75) is 46.3 Å². The molecule has 1 aliphatic rings. The maximum atomic E-state index is 14.6. The molecule has 1 atom stereocenters. The number of hydrogen-bond acceptors (Lipinski definition) is 4. The first-order chi connectivity index (χ1) is 15.5. The van der Waals surface area contributed by atoms with Crippen molar-refractivity contribution in [3.05, 3.63) is 41.0 Å². The van der Waals surface area contributed by atoms with Crippen LogP contribution in [-0.4, -0.2) is 58.6 Å². The number of imidazole rings is 1. The number of nitrogens with zero attached hydrogens (tertiary/aromatic N) is 3. The molecule has 1 amide bonds. The third-order valence-corrected chi connectivity index (χ3v) is 5.56. The van der Waals surface area contributed by atoms with Crippen LogP contribution in [0.5, 0.6) is 0 Å². The molecule has 10 heteroatoms. The Morgan fingerprint density at radius 1 is 1.18 bits per heavy atom. The average molecular weight is 580 g/mol. The van der Waals surface area contributed by atoms with Crippen molar-refractivity contribution in [3.8, 4) is 11.4 Å². The van der Waals surface area contributed by atoms with E-state index in [0.717, 1.165) is 19.0 Å². The highest BCUT2D eigenvalue weighted by Crippen LogP contribution is 2.30. The number of fused-ring (bicyclic) bond motifs is 1. The van der Waals surface area contributed by atoms with Crippen LogP contribution in [0.15, 0.2) is 12.1 Å². The molecule has 3 rings (SSSR count). The topological polar surface area (TPSA) is 59.4 Å². The molecule has 2 heterocycles. The third kappa shape index (κ3) is 6.48. The van der Waals surface area contributed by atoms with Crippen LogP contribution in [0.3, 0.4) is 0 Å². The highest BCUT2D eigenvalue weighted by atomic mass is 127. The van der Waals surface area contributed by atoms with Gasteiger partial charge in [0.1, 0.15) is 11.6 Å². The first-order valence-corrected chi connectivity index (χ1v) is 12.8. The van der Waals surface area contributed by atoms with Gasteiger partial charge in [0.15, 0.2) is 17.3 Å². The van der Waals surface area contributed by atoms with Gasteiger partial charge >= 0.3 is 0 Å². The van der Waals surface area contributed by atoms with Gasteiger partial charge in [-0.2, -0.15) is 0 Å². The number of benzene rings is 1. The number of halogens is 4. The molecule has 0 saturated carbocycles. The number of hydrogen-bond donors (Lipinski definition) is 1. The van der Waals surface area contributed by atoms with E-state index in [1.165, 1.54) is 0 Å². The number of nitrogens with one attached hydrogen (secondary N) is 1. The fourth-order valence-electron chi connectivity index (χ4n) is 3.70. The van der Waals surface area contributed by atoms with Gasteiger partial charge < -0.3 is 19.5 Å². The quantitative estimate of drug-likeness (QED) is 0.318. The Hall–Kier alpha value is -1.66. The monoisotopic (exact) mass is 580 g/mol. The molecule has 6 nitrogen and oxygen atoms in total. The van der Waals surface area contributed by atoms with Crippen molar-refractivity contribution in [1.29, 1.82) is 0 Å². The van der Waals surface area contributed by atoms with E-state index in [1.807, 2.05) is 37.6 Å². The molecule has 1 N–H and O–H groups in total. The molecule has 33 heavy (non-hydrogen) atoms. The van der Waals surface area contributed by atoms with E-state index < -0.39 is 23.4 Å². The van der Waals surface area contributed by atoms with Gasteiger partial charge in [0.05, 0.1) is 23.9 Å². The van der Waals surface area contributed by atoms with E-state index in [-0.39, 0.29) is 28.5 Å². The van der Waals surface area contributed by atoms with Gasteiger partial charge in [-0.3, -0.25) is 4.79 Å². The second-order valence-corrected chi connectivity index (χ2v) is 9.07. The first-order valence-electron chi connectivity index (χ1n) is 10.6. The van der Waals surface area contributed by atoms with Gasteiger partial charge in [-0.25, -0.2) is 18.2 Å². The Bertz CT molecular complexity index is 976. The number of aromatic nitrogens is 2. The fraction of sp³-hybridized carbons (Fsp3) is 0.565. The number of amides is 1. The molecule has 0 aliphatic carbocycles. The lowest BCUT2D eigenvalue weighted by Gasteiger charge is -2.30. The van der Waals surface area contributed by atoms with Gasteiger partial charge in [-0.1, -0.05) is 43.4 Å². The summed E-state index contributed by atoms with van der Waals surface area (Å²) in [5, 5.41) is 2.97. The molecule has 0 radical (unpaired) electrons. The van der Waals surface area contributed by atoms with E-state index in [2.05, 4.69) is 32.9 Å². The molecule has 0 unspecified atom stereocenters. The number of ether oxygens (including phenoxy) is 1. The minimum atomic E-state index is -1.27. The largest absolute Gasteiger partial charge is 0.383 e. The minimum absolute atomic E-state index is 0.117. The predicted molar refractivity (Wildman–Crippen MR) is 131 cm³/mol. The molecule has 0 fully saturated rings. The molecular formula is C23H32F3IN4O2. The Morgan fingerprint density at radius 3 is 2.42 bits per heavy atom. The van der Waals surface area contributed by atoms with Crippen molar-refractivity contribution >= 4 is 28.5 Å². The molecule has 1 aromatic carbocycles. The maximum absolute atomic E-state index is 14.6. The van der Waals surface area contributed by atoms with Crippen LogP contribution < -0.4 is 5.32 Å². The van der Waals surface area contributed by atoms with Crippen LogP contribution in [0.1, 0.15) is 43.4 Å². The SMILES string of the molecule is CI.COC[C@@H](NC(=O)c1nc(-c2cc(F)c(F)cc2F)n2c1CN(C)CCC2)C(C)(C)C. The molecular weight excluding hydrogens is 548 g/mol. The summed E-state index contributed by atoms with van der Waals surface area (Å²) in [6.07, 6.45) is 0.744. The van der Waals surface area contributed by atoms with Crippen LogP contribution in [0.4, 0.5) is 13.2 Å². The molecule has 1 aliphatic heterocycles. The normalized spacial score (nSPS) is 15.2. The zero-order valence-corrected chi connectivity index (χ0v) is 22.1. The third-order valence-electron chi connectivity index (χ3n) is 5.56. The fourth-order valence-corrected chi connectivity index (χ4v) is 3.70. The summed E-state index contributed by atoms with van der Waals surface area (Å²) in [6.45, 7) is 7.95. The van der Waals surface area contributed by atoms with Gasteiger partial charge in [0.25, 0.3) is 5.91 Å². The summed E-state index contributed by atoms with van der Waals surface area (Å²) in [5.41, 5.74) is 0.321. The molecule has 1 aromatic heterocycles. The van der Waals surface area contributed by atoms with Crippen LogP contribution in [0.25, 0.3) is 11.4 Å². The van der Waals surface area contributed by atoms with Crippen molar-refractivity contribution < 1.29 is 22.7 Å². The Balaban J connectivity index is 0.00000187. The van der Waals surface area contributed by atoms with Gasteiger partial charge in [0.2, 0.25) is 0 Å². The van der Waals surface area contributed by atoms with E-state index in [0.29, 0.717) is 31.5 Å². The van der Waals surface area contributed by atoms with Gasteiger partial charge in [-0.15, -0.1) is 0 Å². The number of alkyl halides is 1. The van der Waals surface area contributed by atoms with E-state index >= 15 is 0 Å². The van der Waals surface area contributed by atoms with Crippen molar-refractivity contribution in [1.82, 2.24) is 19.8 Å². The zero-order chi connectivity index (χ0) is 24.9. The van der Waals surface area contributed by atoms with Crippen molar-refractivity contribution in [2.24, 2.45) is 5.41 Å². The lowest BCUT2D eigenvalue weighted by Crippen LogP contribution is -2.47. The summed E-state index contributed by atoms with van der Waals surface area (Å²) in [4.78, 5) is 21.7. The van der Waals surface area contributed by atoms with Gasteiger partial charge in [0, 0.05) is 26.3 Å². The second-order valence-electron chi connectivity index (χ2n) is 9.07. The van der Waals surface area contributed by atoms with Crippen LogP contribution in [0, 0.1) is 22.9 Å². The molecule has 0 saturated heterocycles.